The van der Waals surface area contributed by atoms with E-state index in [9.17, 15) is 4.79 Å². The molecule has 24 heavy (non-hydrogen) atoms. The lowest BCUT2D eigenvalue weighted by Crippen LogP contribution is -2.30. The average molecular weight is 319 g/mol. The van der Waals surface area contributed by atoms with E-state index < -0.39 is 6.10 Å². The van der Waals surface area contributed by atoms with Crippen molar-refractivity contribution < 1.29 is 9.53 Å². The van der Waals surface area contributed by atoms with Crippen LogP contribution in [0.15, 0.2) is 60.7 Å². The first-order valence-corrected chi connectivity index (χ1v) is 8.07. The Balaban J connectivity index is 1.72. The van der Waals surface area contributed by atoms with E-state index in [1.165, 1.54) is 0 Å². The summed E-state index contributed by atoms with van der Waals surface area (Å²) in [5, 5.41) is 5.19. The lowest BCUT2D eigenvalue weighted by molar-refractivity contribution is -0.122. The van der Waals surface area contributed by atoms with E-state index >= 15 is 0 Å². The second kappa shape index (κ2) is 6.75. The first-order valence-electron chi connectivity index (χ1n) is 8.07. The number of anilines is 1. The molecule has 1 N–H and O–H groups in total. The van der Waals surface area contributed by atoms with Crippen LogP contribution >= 0.6 is 0 Å². The predicted octanol–water partition coefficient (Wildman–Crippen LogP) is 4.86. The number of ether oxygens (including phenoxy) is 1. The Bertz CT molecular complexity index is 886. The summed E-state index contributed by atoms with van der Waals surface area (Å²) in [6, 6.07) is 19.8. The fraction of sp³-hybridized carbons (Fsp3) is 0.190. The monoisotopic (exact) mass is 319 g/mol. The molecule has 0 saturated heterocycles. The van der Waals surface area contributed by atoms with Crippen LogP contribution in [0.2, 0.25) is 0 Å². The van der Waals surface area contributed by atoms with E-state index in [0.29, 0.717) is 5.75 Å². The minimum Gasteiger partial charge on any atom is -0.481 e. The summed E-state index contributed by atoms with van der Waals surface area (Å²) in [6.07, 6.45) is -0.578. The highest BCUT2D eigenvalue weighted by Gasteiger charge is 2.16. The van der Waals surface area contributed by atoms with Crippen molar-refractivity contribution >= 4 is 22.4 Å². The fourth-order valence-corrected chi connectivity index (χ4v) is 2.62. The standard InChI is InChI=1S/C21H21NO2/c1-14-7-6-10-20(15(14)2)22-21(23)16(3)24-19-12-11-17-8-4-5-9-18(17)13-19/h4-13,16H,1-3H3,(H,22,23)/t16-/m1/s1. The molecule has 122 valence electrons. The molecule has 0 spiro atoms. The number of rotatable bonds is 4. The van der Waals surface area contributed by atoms with E-state index in [1.807, 2.05) is 68.4 Å². The number of carbonyl (C=O) groups excluding carboxylic acids is 1. The smallest absolute Gasteiger partial charge is 0.265 e. The first kappa shape index (κ1) is 16.1. The topological polar surface area (TPSA) is 38.3 Å². The number of benzene rings is 3. The SMILES string of the molecule is Cc1cccc(NC(=O)[C@@H](C)Oc2ccc3ccccc3c2)c1C. The van der Waals surface area contributed by atoms with E-state index in [-0.39, 0.29) is 5.91 Å². The minimum atomic E-state index is -0.578. The van der Waals surface area contributed by atoms with Crippen molar-refractivity contribution in [2.45, 2.75) is 26.9 Å². The van der Waals surface area contributed by atoms with Crippen LogP contribution in [0.5, 0.6) is 5.75 Å². The zero-order valence-corrected chi connectivity index (χ0v) is 14.2. The number of fused-ring (bicyclic) bond motifs is 1. The van der Waals surface area contributed by atoms with Crippen molar-refractivity contribution in [3.63, 3.8) is 0 Å². The van der Waals surface area contributed by atoms with Crippen molar-refractivity contribution in [2.75, 3.05) is 5.32 Å². The van der Waals surface area contributed by atoms with Crippen molar-refractivity contribution in [1.82, 2.24) is 0 Å². The summed E-state index contributed by atoms with van der Waals surface area (Å²) in [5.41, 5.74) is 3.05. The predicted molar refractivity (Wildman–Crippen MR) is 98.6 cm³/mol. The van der Waals surface area contributed by atoms with E-state index in [1.54, 1.807) is 6.92 Å². The number of aryl methyl sites for hydroxylation is 1. The molecule has 0 bridgehead atoms. The van der Waals surface area contributed by atoms with Gasteiger partial charge in [0.25, 0.3) is 5.91 Å². The van der Waals surface area contributed by atoms with Crippen LogP contribution in [-0.2, 0) is 4.79 Å². The molecule has 3 aromatic carbocycles. The highest BCUT2D eigenvalue weighted by Crippen LogP contribution is 2.22. The Kier molecular flexibility index (Phi) is 4.52. The number of nitrogens with one attached hydrogen (secondary N) is 1. The Morgan fingerprint density at radius 1 is 0.958 bits per heavy atom. The molecular weight excluding hydrogens is 298 g/mol. The van der Waals surface area contributed by atoms with E-state index in [2.05, 4.69) is 11.4 Å². The second-order valence-corrected chi connectivity index (χ2v) is 6.01. The van der Waals surface area contributed by atoms with Crippen molar-refractivity contribution in [2.24, 2.45) is 0 Å². The lowest BCUT2D eigenvalue weighted by atomic mass is 10.1. The third-order valence-corrected chi connectivity index (χ3v) is 4.27. The quantitative estimate of drug-likeness (QED) is 0.745. The normalized spacial score (nSPS) is 12.0. The molecule has 3 aromatic rings. The summed E-state index contributed by atoms with van der Waals surface area (Å²) in [7, 11) is 0. The summed E-state index contributed by atoms with van der Waals surface area (Å²) in [6.45, 7) is 5.79. The van der Waals surface area contributed by atoms with Gasteiger partial charge in [0.1, 0.15) is 5.75 Å². The van der Waals surface area contributed by atoms with Crippen LogP contribution < -0.4 is 10.1 Å². The number of hydrogen-bond donors (Lipinski definition) is 1. The largest absolute Gasteiger partial charge is 0.481 e. The molecule has 0 unspecified atom stereocenters. The number of hydrogen-bond acceptors (Lipinski definition) is 2. The Morgan fingerprint density at radius 3 is 2.50 bits per heavy atom. The van der Waals surface area contributed by atoms with Crippen LogP contribution in [0.1, 0.15) is 18.1 Å². The van der Waals surface area contributed by atoms with Crippen LogP contribution in [0.25, 0.3) is 10.8 Å². The molecule has 0 aliphatic carbocycles. The second-order valence-electron chi connectivity index (χ2n) is 6.01. The van der Waals surface area contributed by atoms with Crippen molar-refractivity contribution in [3.8, 4) is 5.75 Å². The van der Waals surface area contributed by atoms with Gasteiger partial charge >= 0.3 is 0 Å². The molecule has 0 aliphatic rings. The Morgan fingerprint density at radius 2 is 1.71 bits per heavy atom. The number of amides is 1. The van der Waals surface area contributed by atoms with Gasteiger partial charge in [-0.1, -0.05) is 42.5 Å². The molecule has 0 heterocycles. The Hall–Kier alpha value is -2.81. The third kappa shape index (κ3) is 3.40. The highest BCUT2D eigenvalue weighted by molar-refractivity contribution is 5.95. The molecule has 3 nitrogen and oxygen atoms in total. The lowest BCUT2D eigenvalue weighted by Gasteiger charge is -2.16. The zero-order chi connectivity index (χ0) is 17.1. The van der Waals surface area contributed by atoms with E-state index in [0.717, 1.165) is 27.6 Å². The molecule has 3 heteroatoms. The highest BCUT2D eigenvalue weighted by atomic mass is 16.5. The molecule has 0 fully saturated rings. The fourth-order valence-electron chi connectivity index (χ4n) is 2.62. The van der Waals surface area contributed by atoms with Gasteiger partial charge in [0.05, 0.1) is 0 Å². The van der Waals surface area contributed by atoms with Crippen LogP contribution in [-0.4, -0.2) is 12.0 Å². The molecule has 0 aromatic heterocycles. The first-order chi connectivity index (χ1) is 11.5. The van der Waals surface area contributed by atoms with Crippen molar-refractivity contribution in [1.29, 1.82) is 0 Å². The molecule has 0 radical (unpaired) electrons. The van der Waals surface area contributed by atoms with Gasteiger partial charge in [0, 0.05) is 5.69 Å². The molecule has 0 aliphatic heterocycles. The van der Waals surface area contributed by atoms with Crippen LogP contribution in [0.4, 0.5) is 5.69 Å². The van der Waals surface area contributed by atoms with Gasteiger partial charge in [-0.2, -0.15) is 0 Å². The van der Waals surface area contributed by atoms with Crippen molar-refractivity contribution in [3.05, 3.63) is 71.8 Å². The maximum atomic E-state index is 12.4. The molecule has 0 saturated carbocycles. The third-order valence-electron chi connectivity index (χ3n) is 4.27. The maximum absolute atomic E-state index is 12.4. The Labute approximate surface area is 142 Å². The summed E-state index contributed by atoms with van der Waals surface area (Å²) in [4.78, 5) is 12.4. The number of carbonyl (C=O) groups is 1. The van der Waals surface area contributed by atoms with Gasteiger partial charge in [-0.3, -0.25) is 4.79 Å². The van der Waals surface area contributed by atoms with E-state index in [4.69, 9.17) is 4.74 Å². The van der Waals surface area contributed by atoms with Crippen LogP contribution in [0.3, 0.4) is 0 Å². The summed E-state index contributed by atoms with van der Waals surface area (Å²) >= 11 is 0. The molecule has 1 atom stereocenters. The average Bonchev–Trinajstić information content (AvgIpc) is 2.58. The molecule has 1 amide bonds. The van der Waals surface area contributed by atoms with Crippen LogP contribution in [0, 0.1) is 13.8 Å². The molecule has 3 rings (SSSR count). The van der Waals surface area contributed by atoms with Gasteiger partial charge in [-0.15, -0.1) is 0 Å². The maximum Gasteiger partial charge on any atom is 0.265 e. The van der Waals surface area contributed by atoms with Gasteiger partial charge in [0.15, 0.2) is 6.10 Å². The van der Waals surface area contributed by atoms with Gasteiger partial charge in [-0.05, 0) is 60.9 Å². The summed E-state index contributed by atoms with van der Waals surface area (Å²) < 4.78 is 5.81. The summed E-state index contributed by atoms with van der Waals surface area (Å²) in [5.74, 6) is 0.536. The van der Waals surface area contributed by atoms with Gasteiger partial charge < -0.3 is 10.1 Å². The van der Waals surface area contributed by atoms with Gasteiger partial charge in [0.2, 0.25) is 0 Å². The molecular formula is C21H21NO2. The van der Waals surface area contributed by atoms with Gasteiger partial charge in [-0.25, -0.2) is 0 Å². The zero-order valence-electron chi connectivity index (χ0n) is 14.2. The minimum absolute atomic E-state index is 0.156.